The highest BCUT2D eigenvalue weighted by Crippen LogP contribution is 2.29. The first-order valence-electron chi connectivity index (χ1n) is 5.46. The predicted molar refractivity (Wildman–Crippen MR) is 69.0 cm³/mol. The highest BCUT2D eigenvalue weighted by atomic mass is 32.2. The number of aryl methyl sites for hydroxylation is 1. The summed E-state index contributed by atoms with van der Waals surface area (Å²) >= 11 is 0. The summed E-state index contributed by atoms with van der Waals surface area (Å²) in [4.78, 5) is 4.46. The lowest BCUT2D eigenvalue weighted by Gasteiger charge is -2.09. The molecule has 0 amide bonds. The molecule has 0 saturated carbocycles. The van der Waals surface area contributed by atoms with Crippen molar-refractivity contribution < 1.29 is 13.2 Å². The highest BCUT2D eigenvalue weighted by Gasteiger charge is 2.16. The lowest BCUT2D eigenvalue weighted by atomic mass is 10.1. The second kappa shape index (κ2) is 4.55. The average molecular weight is 266 g/mol. The maximum Gasteiger partial charge on any atom is 0.238 e. The second-order valence-electron chi connectivity index (χ2n) is 3.86. The van der Waals surface area contributed by atoms with Crippen molar-refractivity contribution in [2.45, 2.75) is 18.2 Å². The molecular formula is C12H14N2O3S. The molecule has 2 N–H and O–H groups in total. The zero-order valence-corrected chi connectivity index (χ0v) is 11.0. The maximum atomic E-state index is 11.5. The van der Waals surface area contributed by atoms with Crippen LogP contribution in [-0.2, 0) is 16.4 Å². The molecule has 1 aromatic heterocycles. The third-order valence-corrected chi connectivity index (χ3v) is 3.70. The molecule has 6 heteroatoms. The number of fused-ring (bicyclic) bond motifs is 1. The first-order chi connectivity index (χ1) is 8.47. The first kappa shape index (κ1) is 12.8. The van der Waals surface area contributed by atoms with E-state index >= 15 is 0 Å². The van der Waals surface area contributed by atoms with Crippen molar-refractivity contribution in [2.75, 3.05) is 7.11 Å². The molecule has 5 nitrogen and oxygen atoms in total. The van der Waals surface area contributed by atoms with Crippen molar-refractivity contribution in [3.05, 3.63) is 30.0 Å². The van der Waals surface area contributed by atoms with E-state index < -0.39 is 10.0 Å². The fourth-order valence-corrected chi connectivity index (χ4v) is 2.54. The van der Waals surface area contributed by atoms with Crippen LogP contribution in [0.2, 0.25) is 0 Å². The maximum absolute atomic E-state index is 11.5. The fourth-order valence-electron chi connectivity index (χ4n) is 1.82. The number of methoxy groups -OCH3 is 1. The number of primary sulfonamides is 1. The van der Waals surface area contributed by atoms with E-state index in [9.17, 15) is 8.42 Å². The minimum atomic E-state index is -3.77. The molecule has 2 aromatic rings. The molecule has 0 fully saturated rings. The number of sulfonamides is 1. The number of hydrogen-bond acceptors (Lipinski definition) is 4. The van der Waals surface area contributed by atoms with Gasteiger partial charge in [-0.3, -0.25) is 0 Å². The average Bonchev–Trinajstić information content (AvgIpc) is 2.35. The Morgan fingerprint density at radius 3 is 2.56 bits per heavy atom. The molecule has 1 aromatic carbocycles. The molecular weight excluding hydrogens is 252 g/mol. The van der Waals surface area contributed by atoms with Crippen LogP contribution in [0, 0.1) is 0 Å². The second-order valence-corrected chi connectivity index (χ2v) is 5.39. The van der Waals surface area contributed by atoms with Gasteiger partial charge >= 0.3 is 0 Å². The van der Waals surface area contributed by atoms with E-state index in [0.29, 0.717) is 16.7 Å². The summed E-state index contributed by atoms with van der Waals surface area (Å²) in [5, 5.41) is 5.67. The van der Waals surface area contributed by atoms with Gasteiger partial charge in [-0.1, -0.05) is 6.92 Å². The quantitative estimate of drug-likeness (QED) is 0.911. The van der Waals surface area contributed by atoms with Crippen molar-refractivity contribution in [3.63, 3.8) is 0 Å². The first-order valence-corrected chi connectivity index (χ1v) is 7.01. The Labute approximate surface area is 106 Å². The lowest BCUT2D eigenvalue weighted by molar-refractivity contribution is 0.418. The van der Waals surface area contributed by atoms with Crippen LogP contribution in [0.4, 0.5) is 0 Å². The Morgan fingerprint density at radius 1 is 1.28 bits per heavy atom. The molecule has 0 unspecified atom stereocenters. The van der Waals surface area contributed by atoms with Gasteiger partial charge in [0.1, 0.15) is 11.3 Å². The summed E-state index contributed by atoms with van der Waals surface area (Å²) in [5.74, 6) is 0.535. The van der Waals surface area contributed by atoms with Gasteiger partial charge < -0.3 is 4.74 Å². The lowest BCUT2D eigenvalue weighted by Crippen LogP contribution is -2.13. The van der Waals surface area contributed by atoms with Crippen LogP contribution < -0.4 is 9.88 Å². The van der Waals surface area contributed by atoms with Crippen molar-refractivity contribution in [1.29, 1.82) is 0 Å². The van der Waals surface area contributed by atoms with Gasteiger partial charge in [-0.05, 0) is 30.7 Å². The zero-order chi connectivity index (χ0) is 13.3. The molecule has 0 aliphatic heterocycles. The fraction of sp³-hybridized carbons (Fsp3) is 0.250. The number of nitrogens with two attached hydrogens (primary N) is 1. The number of benzene rings is 1. The largest absolute Gasteiger partial charge is 0.494 e. The molecule has 0 atom stereocenters. The zero-order valence-electron chi connectivity index (χ0n) is 10.2. The number of hydrogen-bond donors (Lipinski definition) is 1. The summed E-state index contributed by atoms with van der Waals surface area (Å²) in [6.45, 7) is 1.98. The van der Waals surface area contributed by atoms with Crippen molar-refractivity contribution in [3.8, 4) is 5.75 Å². The van der Waals surface area contributed by atoms with Crippen LogP contribution in [0.15, 0.2) is 29.2 Å². The molecule has 0 bridgehead atoms. The van der Waals surface area contributed by atoms with Gasteiger partial charge in [-0.2, -0.15) is 0 Å². The van der Waals surface area contributed by atoms with Crippen LogP contribution in [0.25, 0.3) is 10.9 Å². The molecule has 0 aliphatic carbocycles. The molecule has 0 aliphatic rings. The topological polar surface area (TPSA) is 82.3 Å². The van der Waals surface area contributed by atoms with E-state index in [0.717, 1.165) is 12.1 Å². The van der Waals surface area contributed by atoms with E-state index in [-0.39, 0.29) is 4.90 Å². The van der Waals surface area contributed by atoms with Crippen LogP contribution in [0.3, 0.4) is 0 Å². The number of nitrogens with zero attached hydrogens (tertiary/aromatic N) is 1. The van der Waals surface area contributed by atoms with Crippen LogP contribution in [0.1, 0.15) is 12.6 Å². The number of ether oxygens (including phenoxy) is 1. The molecule has 2 rings (SSSR count). The Bertz CT molecular complexity index is 696. The minimum Gasteiger partial charge on any atom is -0.494 e. The van der Waals surface area contributed by atoms with Crippen LogP contribution >= 0.6 is 0 Å². The third kappa shape index (κ3) is 2.16. The van der Waals surface area contributed by atoms with Gasteiger partial charge in [0.2, 0.25) is 10.0 Å². The van der Waals surface area contributed by atoms with E-state index in [1.54, 1.807) is 18.2 Å². The summed E-state index contributed by atoms with van der Waals surface area (Å²) in [7, 11) is -2.25. The van der Waals surface area contributed by atoms with Crippen molar-refractivity contribution >= 4 is 20.9 Å². The van der Waals surface area contributed by atoms with E-state index in [2.05, 4.69) is 4.98 Å². The van der Waals surface area contributed by atoms with E-state index in [4.69, 9.17) is 9.88 Å². The molecule has 0 spiro atoms. The highest BCUT2D eigenvalue weighted by molar-refractivity contribution is 7.89. The normalized spacial score (nSPS) is 11.7. The third-order valence-electron chi connectivity index (χ3n) is 2.73. The SMILES string of the molecule is CCc1ccc2c(S(N)(=O)=O)ccc(OC)c2n1. The number of pyridine rings is 1. The summed E-state index contributed by atoms with van der Waals surface area (Å²) in [6.07, 6.45) is 0.763. The van der Waals surface area contributed by atoms with Gasteiger partial charge in [-0.25, -0.2) is 18.5 Å². The summed E-state index contributed by atoms with van der Waals surface area (Å²) < 4.78 is 28.2. The van der Waals surface area contributed by atoms with Gasteiger partial charge in [0.15, 0.2) is 0 Å². The number of aromatic nitrogens is 1. The smallest absolute Gasteiger partial charge is 0.238 e. The minimum absolute atomic E-state index is 0.0634. The summed E-state index contributed by atoms with van der Waals surface area (Å²) in [6, 6.07) is 6.50. The summed E-state index contributed by atoms with van der Waals surface area (Å²) in [5.41, 5.74) is 1.38. The number of rotatable bonds is 3. The van der Waals surface area contributed by atoms with Crippen molar-refractivity contribution in [2.24, 2.45) is 5.14 Å². The Kier molecular flexibility index (Phi) is 3.23. The van der Waals surface area contributed by atoms with Crippen LogP contribution in [0.5, 0.6) is 5.75 Å². The Balaban J connectivity index is 2.87. The molecule has 96 valence electrons. The molecule has 0 saturated heterocycles. The molecule has 1 heterocycles. The standard InChI is InChI=1S/C12H14N2O3S/c1-3-8-4-5-9-11(18(13,15)16)7-6-10(17-2)12(9)14-8/h4-7H,3H2,1-2H3,(H2,13,15,16). The van der Waals surface area contributed by atoms with Gasteiger partial charge in [0.25, 0.3) is 0 Å². The van der Waals surface area contributed by atoms with Gasteiger partial charge in [0.05, 0.1) is 12.0 Å². The Morgan fingerprint density at radius 2 is 2.00 bits per heavy atom. The molecule has 18 heavy (non-hydrogen) atoms. The van der Waals surface area contributed by atoms with Crippen molar-refractivity contribution in [1.82, 2.24) is 4.98 Å². The molecule has 0 radical (unpaired) electrons. The van der Waals surface area contributed by atoms with Crippen LogP contribution in [-0.4, -0.2) is 20.5 Å². The predicted octanol–water partition coefficient (Wildman–Crippen LogP) is 1.45. The van der Waals surface area contributed by atoms with Gasteiger partial charge in [-0.15, -0.1) is 0 Å². The van der Waals surface area contributed by atoms with E-state index in [1.807, 2.05) is 6.92 Å². The monoisotopic (exact) mass is 266 g/mol. The Hall–Kier alpha value is -1.66. The van der Waals surface area contributed by atoms with Gasteiger partial charge in [0, 0.05) is 11.1 Å². The van der Waals surface area contributed by atoms with E-state index in [1.165, 1.54) is 13.2 Å².